The third-order valence-corrected chi connectivity index (χ3v) is 5.50. The summed E-state index contributed by atoms with van der Waals surface area (Å²) in [5.74, 6) is 0.0293. The molecule has 0 spiro atoms. The number of rotatable bonds is 4. The van der Waals surface area contributed by atoms with Gasteiger partial charge in [-0.1, -0.05) is 60.7 Å². The first-order valence-corrected chi connectivity index (χ1v) is 9.88. The Morgan fingerprint density at radius 1 is 1.11 bits per heavy atom. The monoisotopic (exact) mass is 389 g/mol. The van der Waals surface area contributed by atoms with Crippen molar-refractivity contribution in [3.8, 4) is 5.75 Å². The molecular weight excluding hydrogens is 370 g/mol. The predicted molar refractivity (Wildman–Crippen MR) is 114 cm³/mol. The van der Waals surface area contributed by atoms with Gasteiger partial charge in [-0.25, -0.2) is 0 Å². The van der Waals surface area contributed by atoms with Crippen molar-refractivity contribution in [3.05, 3.63) is 82.8 Å². The Morgan fingerprint density at radius 3 is 2.64 bits per heavy atom. The predicted octanol–water partition coefficient (Wildman–Crippen LogP) is 4.42. The summed E-state index contributed by atoms with van der Waals surface area (Å²) in [6.07, 6.45) is 9.31. The molecular formula is C22H19N3O2S. The third-order valence-electron chi connectivity index (χ3n) is 4.53. The van der Waals surface area contributed by atoms with Gasteiger partial charge >= 0.3 is 0 Å². The van der Waals surface area contributed by atoms with Crippen LogP contribution in [0.15, 0.2) is 81.9 Å². The molecule has 2 aliphatic rings. The Hall–Kier alpha value is -3.12. The highest BCUT2D eigenvalue weighted by Crippen LogP contribution is 2.37. The average molecular weight is 389 g/mol. The molecule has 1 N–H and O–H groups in total. The smallest absolute Gasteiger partial charge is 0.267 e. The molecule has 28 heavy (non-hydrogen) atoms. The molecule has 1 unspecified atom stereocenters. The first kappa shape index (κ1) is 18.3. The van der Waals surface area contributed by atoms with E-state index in [2.05, 4.69) is 16.3 Å². The van der Waals surface area contributed by atoms with Gasteiger partial charge < -0.3 is 5.11 Å². The summed E-state index contributed by atoms with van der Waals surface area (Å²) < 4.78 is 0. The molecule has 140 valence electrons. The lowest BCUT2D eigenvalue weighted by Gasteiger charge is -2.20. The van der Waals surface area contributed by atoms with Crippen LogP contribution in [0.1, 0.15) is 24.0 Å². The van der Waals surface area contributed by atoms with Crippen molar-refractivity contribution in [3.63, 3.8) is 0 Å². The van der Waals surface area contributed by atoms with Gasteiger partial charge in [0.2, 0.25) is 0 Å². The molecule has 1 fully saturated rings. The molecule has 1 amide bonds. The maximum Gasteiger partial charge on any atom is 0.267 e. The van der Waals surface area contributed by atoms with Crippen LogP contribution in [0.2, 0.25) is 0 Å². The van der Waals surface area contributed by atoms with Crippen LogP contribution in [-0.4, -0.2) is 33.3 Å². The van der Waals surface area contributed by atoms with Crippen LogP contribution >= 0.6 is 11.8 Å². The van der Waals surface area contributed by atoms with Gasteiger partial charge in [0.05, 0.1) is 17.2 Å². The van der Waals surface area contributed by atoms with Crippen LogP contribution in [0.4, 0.5) is 0 Å². The largest absolute Gasteiger partial charge is 0.507 e. The molecule has 0 bridgehead atoms. The van der Waals surface area contributed by atoms with E-state index in [1.165, 1.54) is 11.8 Å². The summed E-state index contributed by atoms with van der Waals surface area (Å²) in [6, 6.07) is 16.6. The van der Waals surface area contributed by atoms with Crippen molar-refractivity contribution in [2.45, 2.75) is 18.9 Å². The number of amidine groups is 1. The van der Waals surface area contributed by atoms with E-state index in [0.717, 1.165) is 18.4 Å². The number of aromatic hydroxyl groups is 1. The fourth-order valence-corrected chi connectivity index (χ4v) is 4.09. The molecule has 0 aromatic heterocycles. The summed E-state index contributed by atoms with van der Waals surface area (Å²) in [4.78, 5) is 15.3. The fourth-order valence-electron chi connectivity index (χ4n) is 3.12. The quantitative estimate of drug-likeness (QED) is 0.364. The summed E-state index contributed by atoms with van der Waals surface area (Å²) in [5, 5.41) is 19.1. The molecule has 1 saturated heterocycles. The van der Waals surface area contributed by atoms with E-state index in [4.69, 9.17) is 0 Å². The van der Waals surface area contributed by atoms with Crippen LogP contribution in [0, 0.1) is 0 Å². The Bertz CT molecular complexity index is 996. The van der Waals surface area contributed by atoms with E-state index in [1.54, 1.807) is 35.4 Å². The standard InChI is InChI=1S/C22H19N3O2S/c26-19-13-7-4-10-17(19)14-20-21(27)25(18-11-5-6-12-18)22(28-20)24-23-15-16-8-2-1-3-9-16/h1-5,7-11,13-15,18,26H,6,12H2. The zero-order chi connectivity index (χ0) is 19.3. The minimum absolute atomic E-state index is 0.0130. The molecule has 0 radical (unpaired) electrons. The lowest BCUT2D eigenvalue weighted by molar-refractivity contribution is -0.123. The zero-order valence-electron chi connectivity index (χ0n) is 15.1. The van der Waals surface area contributed by atoms with Crippen molar-refractivity contribution in [1.82, 2.24) is 4.90 Å². The summed E-state index contributed by atoms with van der Waals surface area (Å²) in [7, 11) is 0. The number of benzene rings is 2. The van der Waals surface area contributed by atoms with Gasteiger partial charge in [0.25, 0.3) is 5.91 Å². The first-order valence-electron chi connectivity index (χ1n) is 9.06. The molecule has 1 atom stereocenters. The Kier molecular flexibility index (Phi) is 5.39. The second-order valence-electron chi connectivity index (χ2n) is 6.46. The van der Waals surface area contributed by atoms with Gasteiger partial charge in [0.15, 0.2) is 5.17 Å². The average Bonchev–Trinajstić information content (AvgIpc) is 3.33. The second kappa shape index (κ2) is 8.27. The normalized spacial score (nSPS) is 22.2. The number of allylic oxidation sites excluding steroid dienone is 1. The zero-order valence-corrected chi connectivity index (χ0v) is 15.9. The maximum atomic E-state index is 13.0. The van der Waals surface area contributed by atoms with E-state index >= 15 is 0 Å². The van der Waals surface area contributed by atoms with Gasteiger partial charge in [0.1, 0.15) is 5.75 Å². The highest BCUT2D eigenvalue weighted by Gasteiger charge is 2.38. The summed E-state index contributed by atoms with van der Waals surface area (Å²) in [6.45, 7) is 0. The highest BCUT2D eigenvalue weighted by atomic mass is 32.2. The van der Waals surface area contributed by atoms with Gasteiger partial charge in [-0.2, -0.15) is 5.10 Å². The van der Waals surface area contributed by atoms with Crippen LogP contribution in [0.25, 0.3) is 6.08 Å². The number of hydrogen-bond acceptors (Lipinski definition) is 5. The number of carbonyl (C=O) groups is 1. The molecule has 5 nitrogen and oxygen atoms in total. The lowest BCUT2D eigenvalue weighted by Crippen LogP contribution is -2.37. The Labute approximate surface area is 167 Å². The van der Waals surface area contributed by atoms with Crippen molar-refractivity contribution in [2.24, 2.45) is 10.2 Å². The number of amides is 1. The first-order chi connectivity index (χ1) is 13.7. The Balaban J connectivity index is 1.64. The SMILES string of the molecule is O=C1C(=Cc2ccccc2O)SC(=NN=Cc2ccccc2)N1C1C=CCC1. The molecule has 2 aromatic rings. The van der Waals surface area contributed by atoms with E-state index < -0.39 is 0 Å². The number of hydrogen-bond donors (Lipinski definition) is 1. The van der Waals surface area contributed by atoms with Crippen LogP contribution in [0.3, 0.4) is 0 Å². The fraction of sp³-hybridized carbons (Fsp3) is 0.136. The lowest BCUT2D eigenvalue weighted by atomic mass is 10.1. The van der Waals surface area contributed by atoms with Crippen LogP contribution in [-0.2, 0) is 4.79 Å². The topological polar surface area (TPSA) is 65.3 Å². The maximum absolute atomic E-state index is 13.0. The van der Waals surface area contributed by atoms with E-state index in [0.29, 0.717) is 15.6 Å². The summed E-state index contributed by atoms with van der Waals surface area (Å²) in [5.41, 5.74) is 1.55. The van der Waals surface area contributed by atoms with Crippen molar-refractivity contribution in [2.75, 3.05) is 0 Å². The van der Waals surface area contributed by atoms with Crippen molar-refractivity contribution in [1.29, 1.82) is 0 Å². The highest BCUT2D eigenvalue weighted by molar-refractivity contribution is 8.18. The molecule has 2 aromatic carbocycles. The number of phenols is 1. The Morgan fingerprint density at radius 2 is 1.89 bits per heavy atom. The second-order valence-corrected chi connectivity index (χ2v) is 7.46. The number of nitrogens with zero attached hydrogens (tertiary/aromatic N) is 3. The number of carbonyl (C=O) groups excluding carboxylic acids is 1. The number of phenolic OH excluding ortho intramolecular Hbond substituents is 1. The molecule has 1 aliphatic carbocycles. The number of thioether (sulfide) groups is 1. The van der Waals surface area contributed by atoms with E-state index in [-0.39, 0.29) is 17.7 Å². The summed E-state index contributed by atoms with van der Waals surface area (Å²) >= 11 is 1.28. The van der Waals surface area contributed by atoms with Gasteiger partial charge in [-0.05, 0) is 42.3 Å². The van der Waals surface area contributed by atoms with Gasteiger partial charge in [-0.15, -0.1) is 5.10 Å². The molecule has 6 heteroatoms. The van der Waals surface area contributed by atoms with E-state index in [1.807, 2.05) is 42.5 Å². The van der Waals surface area contributed by atoms with E-state index in [9.17, 15) is 9.90 Å². The molecule has 1 heterocycles. The molecule has 4 rings (SSSR count). The minimum Gasteiger partial charge on any atom is -0.507 e. The van der Waals surface area contributed by atoms with Crippen molar-refractivity contribution >= 4 is 35.1 Å². The van der Waals surface area contributed by atoms with Crippen LogP contribution in [0.5, 0.6) is 5.75 Å². The number of para-hydroxylation sites is 1. The van der Waals surface area contributed by atoms with Gasteiger partial charge in [-0.3, -0.25) is 9.69 Å². The minimum atomic E-state index is -0.113. The van der Waals surface area contributed by atoms with Gasteiger partial charge in [0, 0.05) is 5.56 Å². The van der Waals surface area contributed by atoms with Crippen molar-refractivity contribution < 1.29 is 9.90 Å². The van der Waals surface area contributed by atoms with Crippen LogP contribution < -0.4 is 0 Å². The molecule has 1 aliphatic heterocycles. The third kappa shape index (κ3) is 3.92. The molecule has 0 saturated carbocycles.